The van der Waals surface area contributed by atoms with E-state index in [-0.39, 0.29) is 17.2 Å². The van der Waals surface area contributed by atoms with Crippen molar-refractivity contribution in [2.75, 3.05) is 21.3 Å². The number of nitrogens with zero attached hydrogens (tertiary/aromatic N) is 2. The zero-order valence-corrected chi connectivity index (χ0v) is 16.5. The molecule has 2 rings (SSSR count). The molecule has 0 heterocycles. The molecule has 9 heteroatoms. The van der Waals surface area contributed by atoms with Crippen LogP contribution in [0.1, 0.15) is 11.1 Å². The van der Waals surface area contributed by atoms with E-state index >= 15 is 0 Å². The van der Waals surface area contributed by atoms with E-state index in [1.807, 2.05) is 30.3 Å². The van der Waals surface area contributed by atoms with Gasteiger partial charge in [0.25, 0.3) is 0 Å². The van der Waals surface area contributed by atoms with E-state index in [0.29, 0.717) is 17.2 Å². The summed E-state index contributed by atoms with van der Waals surface area (Å²) in [6, 6.07) is 12.8. The summed E-state index contributed by atoms with van der Waals surface area (Å²) in [5.74, 6) is 0.0348. The Hall–Kier alpha value is -2.94. The number of halogens is 2. The Bertz CT molecular complexity index is 794. The topological polar surface area (TPSA) is 55.3 Å². The molecule has 0 bridgehead atoms. The molecule has 0 spiro atoms. The first kappa shape index (κ1) is 21.4. The average Bonchev–Trinajstić information content (AvgIpc) is 2.70. The SMILES string of the molecule is COc1cc(/C=N\N(C)C(=S)NCc2ccccc2)cc(OC)c1OC(F)F. The number of alkyl halides is 2. The van der Waals surface area contributed by atoms with Crippen LogP contribution in [0.4, 0.5) is 8.78 Å². The van der Waals surface area contributed by atoms with Gasteiger partial charge in [0.05, 0.1) is 20.4 Å². The maximum atomic E-state index is 12.6. The second kappa shape index (κ2) is 10.4. The third-order valence-electron chi connectivity index (χ3n) is 3.65. The van der Waals surface area contributed by atoms with Crippen molar-refractivity contribution in [1.29, 1.82) is 0 Å². The Morgan fingerprint density at radius 1 is 1.18 bits per heavy atom. The van der Waals surface area contributed by atoms with Crippen LogP contribution in [0.5, 0.6) is 17.2 Å². The first-order valence-corrected chi connectivity index (χ1v) is 8.65. The summed E-state index contributed by atoms with van der Waals surface area (Å²) < 4.78 is 39.9. The Morgan fingerprint density at radius 3 is 2.32 bits per heavy atom. The summed E-state index contributed by atoms with van der Waals surface area (Å²) in [6.07, 6.45) is 1.51. The van der Waals surface area contributed by atoms with Crippen LogP contribution >= 0.6 is 12.2 Å². The fourth-order valence-electron chi connectivity index (χ4n) is 2.27. The third-order valence-corrected chi connectivity index (χ3v) is 4.06. The lowest BCUT2D eigenvalue weighted by Gasteiger charge is -2.16. The largest absolute Gasteiger partial charge is 0.493 e. The molecule has 0 atom stereocenters. The quantitative estimate of drug-likeness (QED) is 0.408. The molecular formula is C19H21F2N3O3S. The monoisotopic (exact) mass is 409 g/mol. The second-order valence-electron chi connectivity index (χ2n) is 5.55. The van der Waals surface area contributed by atoms with Gasteiger partial charge in [0.15, 0.2) is 16.6 Å². The molecular weight excluding hydrogens is 388 g/mol. The Labute approximate surface area is 167 Å². The normalized spacial score (nSPS) is 10.8. The highest BCUT2D eigenvalue weighted by Gasteiger charge is 2.17. The molecule has 1 N–H and O–H groups in total. The predicted octanol–water partition coefficient (Wildman–Crippen LogP) is 3.65. The van der Waals surface area contributed by atoms with Gasteiger partial charge in [-0.25, -0.2) is 5.01 Å². The molecule has 0 aliphatic heterocycles. The van der Waals surface area contributed by atoms with Gasteiger partial charge in [-0.1, -0.05) is 30.3 Å². The van der Waals surface area contributed by atoms with Crippen molar-refractivity contribution in [2.24, 2.45) is 5.10 Å². The number of rotatable bonds is 8. The van der Waals surface area contributed by atoms with Crippen LogP contribution in [0.2, 0.25) is 0 Å². The molecule has 2 aromatic carbocycles. The van der Waals surface area contributed by atoms with E-state index in [9.17, 15) is 8.78 Å². The van der Waals surface area contributed by atoms with E-state index in [2.05, 4.69) is 15.2 Å². The van der Waals surface area contributed by atoms with Gasteiger partial charge in [0.1, 0.15) is 0 Å². The Kier molecular flexibility index (Phi) is 7.94. The first-order valence-electron chi connectivity index (χ1n) is 8.25. The maximum Gasteiger partial charge on any atom is 0.387 e. The predicted molar refractivity (Wildman–Crippen MR) is 107 cm³/mol. The number of hydrogen-bond donors (Lipinski definition) is 1. The van der Waals surface area contributed by atoms with Gasteiger partial charge in [0, 0.05) is 19.2 Å². The number of hydrogen-bond acceptors (Lipinski definition) is 5. The lowest BCUT2D eigenvalue weighted by atomic mass is 10.2. The Morgan fingerprint density at radius 2 is 1.79 bits per heavy atom. The van der Waals surface area contributed by atoms with Crippen molar-refractivity contribution in [3.8, 4) is 17.2 Å². The lowest BCUT2D eigenvalue weighted by molar-refractivity contribution is -0.0526. The summed E-state index contributed by atoms with van der Waals surface area (Å²) in [7, 11) is 4.39. The summed E-state index contributed by atoms with van der Waals surface area (Å²) in [5, 5.41) is 9.27. The highest BCUT2D eigenvalue weighted by atomic mass is 32.1. The minimum Gasteiger partial charge on any atom is -0.493 e. The van der Waals surface area contributed by atoms with E-state index < -0.39 is 6.61 Å². The molecule has 0 fully saturated rings. The van der Waals surface area contributed by atoms with Crippen molar-refractivity contribution >= 4 is 23.5 Å². The van der Waals surface area contributed by atoms with E-state index in [1.54, 1.807) is 7.05 Å². The number of nitrogens with one attached hydrogen (secondary N) is 1. The zero-order chi connectivity index (χ0) is 20.5. The minimum atomic E-state index is -3.00. The first-order chi connectivity index (χ1) is 13.4. The van der Waals surface area contributed by atoms with Crippen LogP contribution in [0.25, 0.3) is 0 Å². The summed E-state index contributed by atoms with van der Waals surface area (Å²) in [6.45, 7) is -2.43. The van der Waals surface area contributed by atoms with Gasteiger partial charge in [-0.05, 0) is 29.9 Å². The standard InChI is InChI=1S/C19H21F2N3O3S/c1-24(19(28)22-11-13-7-5-4-6-8-13)23-12-14-9-15(25-2)17(27-18(20)21)16(10-14)26-3/h4-10,12,18H,11H2,1-3H3,(H,22,28)/b23-12-. The van der Waals surface area contributed by atoms with Crippen molar-refractivity contribution in [3.05, 3.63) is 53.6 Å². The van der Waals surface area contributed by atoms with Crippen molar-refractivity contribution < 1.29 is 23.0 Å². The van der Waals surface area contributed by atoms with Gasteiger partial charge >= 0.3 is 6.61 Å². The van der Waals surface area contributed by atoms with Crippen LogP contribution < -0.4 is 19.5 Å². The van der Waals surface area contributed by atoms with Gasteiger partial charge in [-0.3, -0.25) is 0 Å². The number of benzene rings is 2. The molecule has 0 aliphatic rings. The third kappa shape index (κ3) is 6.05. The van der Waals surface area contributed by atoms with Gasteiger partial charge in [-0.2, -0.15) is 13.9 Å². The fourth-order valence-corrected chi connectivity index (χ4v) is 2.39. The van der Waals surface area contributed by atoms with Gasteiger partial charge in [0.2, 0.25) is 5.75 Å². The molecule has 0 unspecified atom stereocenters. The lowest BCUT2D eigenvalue weighted by Crippen LogP contribution is -2.33. The molecule has 0 amide bonds. The smallest absolute Gasteiger partial charge is 0.387 e. The van der Waals surface area contributed by atoms with Crippen LogP contribution in [0.3, 0.4) is 0 Å². The van der Waals surface area contributed by atoms with Crippen LogP contribution in [0.15, 0.2) is 47.6 Å². The van der Waals surface area contributed by atoms with E-state index in [0.717, 1.165) is 5.56 Å². The highest BCUT2D eigenvalue weighted by molar-refractivity contribution is 7.80. The van der Waals surface area contributed by atoms with Gasteiger partial charge in [-0.15, -0.1) is 0 Å². The number of hydrazone groups is 1. The summed E-state index contributed by atoms with van der Waals surface area (Å²) in [4.78, 5) is 0. The summed E-state index contributed by atoms with van der Waals surface area (Å²) >= 11 is 5.31. The maximum absolute atomic E-state index is 12.6. The van der Waals surface area contributed by atoms with Crippen molar-refractivity contribution in [2.45, 2.75) is 13.2 Å². The van der Waals surface area contributed by atoms with Crippen LogP contribution in [0, 0.1) is 0 Å². The number of thiocarbonyl (C=S) groups is 1. The number of methoxy groups -OCH3 is 2. The van der Waals surface area contributed by atoms with E-state index in [1.165, 1.54) is 37.6 Å². The Balaban J connectivity index is 2.08. The molecule has 0 aliphatic carbocycles. The molecule has 0 saturated heterocycles. The number of ether oxygens (including phenoxy) is 3. The minimum absolute atomic E-state index is 0.105. The molecule has 28 heavy (non-hydrogen) atoms. The fraction of sp³-hybridized carbons (Fsp3) is 0.263. The van der Waals surface area contributed by atoms with Crippen LogP contribution in [-0.4, -0.2) is 44.2 Å². The van der Waals surface area contributed by atoms with Crippen molar-refractivity contribution in [1.82, 2.24) is 10.3 Å². The molecule has 0 saturated carbocycles. The zero-order valence-electron chi connectivity index (χ0n) is 15.7. The molecule has 0 aromatic heterocycles. The van der Waals surface area contributed by atoms with Crippen molar-refractivity contribution in [3.63, 3.8) is 0 Å². The van der Waals surface area contributed by atoms with Crippen LogP contribution in [-0.2, 0) is 6.54 Å². The molecule has 150 valence electrons. The molecule has 2 aromatic rings. The highest BCUT2D eigenvalue weighted by Crippen LogP contribution is 2.39. The van der Waals surface area contributed by atoms with E-state index in [4.69, 9.17) is 21.7 Å². The average molecular weight is 409 g/mol. The molecule has 6 nitrogen and oxygen atoms in total. The van der Waals surface area contributed by atoms with Gasteiger partial charge < -0.3 is 19.5 Å². The second-order valence-corrected chi connectivity index (χ2v) is 5.93. The summed E-state index contributed by atoms with van der Waals surface area (Å²) in [5.41, 5.74) is 1.65. The molecule has 0 radical (unpaired) electrons.